The van der Waals surface area contributed by atoms with Gasteiger partial charge in [-0.05, 0) is 93.1 Å². The zero-order valence-electron chi connectivity index (χ0n) is 46.1. The highest BCUT2D eigenvalue weighted by molar-refractivity contribution is 7.99. The highest BCUT2D eigenvalue weighted by atomic mass is 32.2. The number of hydrogen-bond donors (Lipinski definition) is 7. The lowest BCUT2D eigenvalue weighted by Crippen LogP contribution is -2.60. The van der Waals surface area contributed by atoms with Gasteiger partial charge in [0.1, 0.15) is 41.3 Å². The summed E-state index contributed by atoms with van der Waals surface area (Å²) in [5.41, 5.74) is -4.51. The quantitative estimate of drug-likeness (QED) is 0.0433. The molecule has 1 aromatic heterocycles. The zero-order chi connectivity index (χ0) is 56.4. The summed E-state index contributed by atoms with van der Waals surface area (Å²) in [5.74, 6) is -3.71. The second kappa shape index (κ2) is 27.7. The highest BCUT2D eigenvalue weighted by Gasteiger charge is 2.53. The molecule has 76 heavy (non-hydrogen) atoms. The van der Waals surface area contributed by atoms with Crippen LogP contribution in [0.4, 0.5) is 0 Å². The van der Waals surface area contributed by atoms with Crippen LogP contribution < -0.4 is 15.5 Å². The molecule has 22 nitrogen and oxygen atoms in total. The maximum Gasteiger partial charge on any atom is 0.341 e. The predicted molar refractivity (Wildman–Crippen MR) is 282 cm³/mol. The summed E-state index contributed by atoms with van der Waals surface area (Å²) < 4.78 is 51.3. The molecule has 430 valence electrons. The molecule has 0 unspecified atom stereocenters. The number of aliphatic hydroxyl groups excluding tert-OH is 2. The molecule has 0 aliphatic carbocycles. The fraction of sp³-hybridized carbons (Fsp3) is 0.755. The van der Waals surface area contributed by atoms with Crippen LogP contribution in [0, 0.1) is 17.8 Å². The molecule has 1 aromatic carbocycles. The number of carboxylic acids is 1. The topological polar surface area (TPSA) is 296 Å². The Labute approximate surface area is 449 Å². The number of nitrogens with zero attached hydrogens (tertiary/aromatic N) is 3. The summed E-state index contributed by atoms with van der Waals surface area (Å²) >= 11 is 1.63. The van der Waals surface area contributed by atoms with Crippen molar-refractivity contribution in [2.24, 2.45) is 22.9 Å². The third kappa shape index (κ3) is 15.2. The van der Waals surface area contributed by atoms with Crippen molar-refractivity contribution >= 4 is 46.3 Å². The van der Waals surface area contributed by atoms with Crippen molar-refractivity contribution in [3.8, 4) is 5.75 Å². The number of thioether (sulfide) groups is 1. The minimum absolute atomic E-state index is 0.0499. The molecule has 0 radical (unpaired) electrons. The molecule has 3 fully saturated rings. The maximum atomic E-state index is 14.3. The third-order valence-corrected chi connectivity index (χ3v) is 16.0. The Kier molecular flexibility index (Phi) is 22.9. The Morgan fingerprint density at radius 1 is 0.987 bits per heavy atom. The SMILES string of the molecule is CC[C@H]1OC(=O)[C@H](C)[C@@H](O[C@H]2C[C@@H](OC)[C@@H](OC(=O)CCNCCSCCOc3ccc4c(c3)c(=O)c(C(=O)O)cn4CC)[C@H](C)O2)[C@H](C)[C@@H](O[C@@H]2O[C@H](C)C[C@H](N(C)C)[C@H]2O)[C@](C)(O)C[C@@H](C)/C(=N\O)[C@@H](O)[C@]1(C)O. The molecule has 0 bridgehead atoms. The number of pyridine rings is 1. The molecule has 7 N–H and O–H groups in total. The van der Waals surface area contributed by atoms with E-state index in [1.807, 2.05) is 32.8 Å². The van der Waals surface area contributed by atoms with Crippen molar-refractivity contribution < 1.29 is 83.0 Å². The number of methoxy groups -OCH3 is 1. The third-order valence-electron chi connectivity index (χ3n) is 15.0. The van der Waals surface area contributed by atoms with E-state index >= 15 is 0 Å². The number of hydrogen-bond acceptors (Lipinski definition) is 21. The van der Waals surface area contributed by atoms with Gasteiger partial charge in [-0.3, -0.25) is 14.4 Å². The Morgan fingerprint density at radius 2 is 1.70 bits per heavy atom. The fourth-order valence-corrected chi connectivity index (χ4v) is 11.5. The van der Waals surface area contributed by atoms with E-state index in [2.05, 4.69) is 10.5 Å². The summed E-state index contributed by atoms with van der Waals surface area (Å²) in [6.07, 6.45) is -9.88. The molecule has 3 aliphatic heterocycles. The lowest BCUT2D eigenvalue weighted by Gasteiger charge is -2.47. The average molecular weight is 1100 g/mol. The molecule has 2 aromatic rings. The zero-order valence-corrected chi connectivity index (χ0v) is 46.9. The van der Waals surface area contributed by atoms with Crippen molar-refractivity contribution in [1.82, 2.24) is 14.8 Å². The number of carboxylic acid groups (broad SMARTS) is 1. The summed E-state index contributed by atoms with van der Waals surface area (Å²) in [5, 5.41) is 74.2. The van der Waals surface area contributed by atoms with Crippen molar-refractivity contribution in [3.63, 3.8) is 0 Å². The number of aromatic nitrogens is 1. The smallest absolute Gasteiger partial charge is 0.341 e. The minimum atomic E-state index is -2.15. The second-order valence-corrected chi connectivity index (χ2v) is 22.4. The summed E-state index contributed by atoms with van der Waals surface area (Å²) in [6.45, 7) is 16.5. The van der Waals surface area contributed by atoms with E-state index in [1.165, 1.54) is 27.2 Å². The Bertz CT molecular complexity index is 2330. The molecule has 4 heterocycles. The summed E-state index contributed by atoms with van der Waals surface area (Å²) in [4.78, 5) is 53.9. The van der Waals surface area contributed by atoms with Gasteiger partial charge in [0.15, 0.2) is 18.7 Å². The Balaban J connectivity index is 1.23. The number of aromatic carboxylic acids is 1. The van der Waals surface area contributed by atoms with E-state index in [-0.39, 0.29) is 54.5 Å². The number of ether oxygens (including phenoxy) is 8. The first-order valence-electron chi connectivity index (χ1n) is 26.4. The van der Waals surface area contributed by atoms with E-state index in [0.717, 1.165) is 0 Å². The average Bonchev–Trinajstić information content (AvgIpc) is 3.37. The van der Waals surface area contributed by atoms with Crippen LogP contribution in [0.25, 0.3) is 10.9 Å². The van der Waals surface area contributed by atoms with Gasteiger partial charge < -0.3 is 83.4 Å². The van der Waals surface area contributed by atoms with E-state index in [9.17, 15) is 49.9 Å². The second-order valence-electron chi connectivity index (χ2n) is 21.2. The Morgan fingerprint density at radius 3 is 2.33 bits per heavy atom. The number of esters is 2. The molecule has 3 saturated heterocycles. The molecule has 5 rings (SSSR count). The first-order chi connectivity index (χ1) is 35.8. The largest absolute Gasteiger partial charge is 0.493 e. The minimum Gasteiger partial charge on any atom is -0.493 e. The van der Waals surface area contributed by atoms with Crippen LogP contribution in [0.3, 0.4) is 0 Å². The van der Waals surface area contributed by atoms with Crippen LogP contribution in [0.5, 0.6) is 5.75 Å². The van der Waals surface area contributed by atoms with Crippen LogP contribution in [-0.2, 0) is 49.3 Å². The van der Waals surface area contributed by atoms with Gasteiger partial charge in [-0.15, -0.1) is 0 Å². The summed E-state index contributed by atoms with van der Waals surface area (Å²) in [6, 6.07) is 4.69. The van der Waals surface area contributed by atoms with Gasteiger partial charge >= 0.3 is 17.9 Å². The number of fused-ring (bicyclic) bond motifs is 1. The fourth-order valence-electron chi connectivity index (χ4n) is 10.8. The maximum absolute atomic E-state index is 14.3. The lowest BCUT2D eigenvalue weighted by atomic mass is 9.75. The van der Waals surface area contributed by atoms with Gasteiger partial charge in [-0.1, -0.05) is 25.9 Å². The van der Waals surface area contributed by atoms with Crippen LogP contribution in [0.1, 0.15) is 105 Å². The number of aryl methyl sites for hydroxylation is 1. The van der Waals surface area contributed by atoms with Crippen molar-refractivity contribution in [3.05, 3.63) is 40.2 Å². The monoisotopic (exact) mass is 1100 g/mol. The van der Waals surface area contributed by atoms with Crippen LogP contribution >= 0.6 is 11.8 Å². The molecular formula is C53H84N4O18S. The molecule has 0 amide bonds. The van der Waals surface area contributed by atoms with Gasteiger partial charge in [-0.25, -0.2) is 4.79 Å². The number of carbonyl (C=O) groups excluding carboxylic acids is 2. The van der Waals surface area contributed by atoms with Crippen molar-refractivity contribution in [2.45, 2.75) is 186 Å². The molecule has 0 saturated carbocycles. The molecule has 17 atom stereocenters. The van der Waals surface area contributed by atoms with Gasteiger partial charge in [0, 0.05) is 68.7 Å². The molecular weight excluding hydrogens is 1010 g/mol. The normalized spacial score (nSPS) is 35.5. The van der Waals surface area contributed by atoms with Crippen molar-refractivity contribution in [1.29, 1.82) is 0 Å². The van der Waals surface area contributed by atoms with Crippen LogP contribution in [0.15, 0.2) is 34.3 Å². The standard InChI is InChI=1S/C53H84N4O18S/c1-13-39-53(9,66)47(61)42(55-67)28(3)26-52(8,65)48(75-51-44(60)37(56(10)11)23-29(4)70-51)30(5)45(31(6)50(64)72-39)74-41-25-38(68-12)46(32(7)71-41)73-40(58)17-18-54-19-21-76-22-20-69-33-15-16-36-34(24-33)43(59)35(49(62)63)27-57(36)14-2/h15-16,24,27-32,37-39,41,44-48,51,54,60-61,65-67H,13-14,17-23,25-26H2,1-12H3,(H,62,63)/b55-42+/t28-,29-,30+,31-,32+,37+,38-,39-,41+,44-,45+,46+,47-,48-,51+,52-,53-/m1/s1. The van der Waals surface area contributed by atoms with Gasteiger partial charge in [0.25, 0.3) is 0 Å². The number of cyclic esters (lactones) is 1. The van der Waals surface area contributed by atoms with Gasteiger partial charge in [0.2, 0.25) is 5.43 Å². The number of benzene rings is 1. The highest BCUT2D eigenvalue weighted by Crippen LogP contribution is 2.40. The molecule has 3 aliphatic rings. The predicted octanol–water partition coefficient (Wildman–Crippen LogP) is 3.40. The lowest BCUT2D eigenvalue weighted by molar-refractivity contribution is -0.311. The van der Waals surface area contributed by atoms with Crippen LogP contribution in [-0.4, -0.2) is 201 Å². The Hall–Kier alpha value is -3.98. The number of oxime groups is 1. The number of carbonyl (C=O) groups is 3. The van der Waals surface area contributed by atoms with E-state index in [1.54, 1.807) is 69.1 Å². The van der Waals surface area contributed by atoms with E-state index in [4.69, 9.17) is 37.9 Å². The van der Waals surface area contributed by atoms with Gasteiger partial charge in [-0.2, -0.15) is 11.8 Å². The van der Waals surface area contributed by atoms with E-state index in [0.29, 0.717) is 55.4 Å². The number of nitrogens with one attached hydrogen (secondary N) is 1. The first-order valence-corrected chi connectivity index (χ1v) is 27.5. The number of likely N-dealkylation sites (N-methyl/N-ethyl adjacent to an activating group) is 1. The van der Waals surface area contributed by atoms with Gasteiger partial charge in [0.05, 0.1) is 65.6 Å². The number of aliphatic hydroxyl groups is 4. The number of rotatable bonds is 20. The molecule has 0 spiro atoms. The van der Waals surface area contributed by atoms with Crippen molar-refractivity contribution in [2.75, 3.05) is 52.4 Å². The first kappa shape index (κ1) is 62.9. The van der Waals surface area contributed by atoms with Crippen LogP contribution in [0.2, 0.25) is 0 Å². The molecule has 23 heteroatoms. The van der Waals surface area contributed by atoms with E-state index < -0.39 is 114 Å². The summed E-state index contributed by atoms with van der Waals surface area (Å²) in [7, 11) is 5.13.